The summed E-state index contributed by atoms with van der Waals surface area (Å²) in [5, 5.41) is 0. The third-order valence-electron chi connectivity index (χ3n) is 3.79. The van der Waals surface area contributed by atoms with Crippen molar-refractivity contribution in [2.24, 2.45) is 0 Å². The highest BCUT2D eigenvalue weighted by Crippen LogP contribution is 2.36. The average molecular weight is 288 g/mol. The van der Waals surface area contributed by atoms with Gasteiger partial charge in [0.2, 0.25) is 0 Å². The predicted molar refractivity (Wildman–Crippen MR) is 74.7 cm³/mol. The second-order valence-corrected chi connectivity index (χ2v) is 5.17. The summed E-state index contributed by atoms with van der Waals surface area (Å²) in [4.78, 5) is 12.6. The SMILES string of the molecule is Cc1cc(C(=O)C2CCOc3ccccc32)c(F)cc1F. The van der Waals surface area contributed by atoms with Crippen LogP contribution >= 0.6 is 0 Å². The minimum atomic E-state index is -0.813. The van der Waals surface area contributed by atoms with Crippen molar-refractivity contribution in [1.29, 1.82) is 0 Å². The van der Waals surface area contributed by atoms with Gasteiger partial charge in [-0.05, 0) is 31.0 Å². The van der Waals surface area contributed by atoms with Crippen molar-refractivity contribution in [2.45, 2.75) is 19.3 Å². The van der Waals surface area contributed by atoms with E-state index in [9.17, 15) is 13.6 Å². The molecule has 0 spiro atoms. The zero-order chi connectivity index (χ0) is 15.0. The number of halogens is 2. The molecule has 0 aromatic heterocycles. The van der Waals surface area contributed by atoms with Crippen molar-refractivity contribution in [2.75, 3.05) is 6.61 Å². The van der Waals surface area contributed by atoms with Gasteiger partial charge in [-0.15, -0.1) is 0 Å². The lowest BCUT2D eigenvalue weighted by molar-refractivity contribution is 0.0929. The lowest BCUT2D eigenvalue weighted by Gasteiger charge is -2.25. The highest BCUT2D eigenvalue weighted by atomic mass is 19.1. The molecule has 0 radical (unpaired) electrons. The molecule has 0 N–H and O–H groups in total. The summed E-state index contributed by atoms with van der Waals surface area (Å²) in [5.74, 6) is -1.58. The summed E-state index contributed by atoms with van der Waals surface area (Å²) in [6.45, 7) is 1.93. The van der Waals surface area contributed by atoms with Crippen LogP contribution < -0.4 is 4.74 Å². The zero-order valence-corrected chi connectivity index (χ0v) is 11.5. The van der Waals surface area contributed by atoms with E-state index in [2.05, 4.69) is 0 Å². The molecule has 0 bridgehead atoms. The van der Waals surface area contributed by atoms with Crippen LogP contribution in [0.25, 0.3) is 0 Å². The summed E-state index contributed by atoms with van der Waals surface area (Å²) in [5.41, 5.74) is 0.964. The maximum absolute atomic E-state index is 13.9. The number of ether oxygens (including phenoxy) is 1. The van der Waals surface area contributed by atoms with Gasteiger partial charge in [-0.3, -0.25) is 4.79 Å². The van der Waals surface area contributed by atoms with E-state index in [0.29, 0.717) is 18.8 Å². The number of carbonyl (C=O) groups is 1. The Hall–Kier alpha value is -2.23. The average Bonchev–Trinajstić information content (AvgIpc) is 2.49. The Morgan fingerprint density at radius 3 is 2.76 bits per heavy atom. The number of carbonyl (C=O) groups excluding carboxylic acids is 1. The number of rotatable bonds is 2. The fourth-order valence-corrected chi connectivity index (χ4v) is 2.65. The first-order chi connectivity index (χ1) is 10.1. The Labute approximate surface area is 121 Å². The molecule has 3 rings (SSSR count). The number of para-hydroxylation sites is 1. The fraction of sp³-hybridized carbons (Fsp3) is 0.235. The summed E-state index contributed by atoms with van der Waals surface area (Å²) >= 11 is 0. The van der Waals surface area contributed by atoms with Crippen LogP contribution in [-0.4, -0.2) is 12.4 Å². The van der Waals surface area contributed by atoms with Gasteiger partial charge < -0.3 is 4.74 Å². The Balaban J connectivity index is 2.03. The normalized spacial score (nSPS) is 17.0. The number of aryl methyl sites for hydroxylation is 1. The van der Waals surface area contributed by atoms with E-state index in [1.807, 2.05) is 18.2 Å². The Morgan fingerprint density at radius 2 is 1.95 bits per heavy atom. The van der Waals surface area contributed by atoms with E-state index in [-0.39, 0.29) is 16.9 Å². The third kappa shape index (κ3) is 2.42. The van der Waals surface area contributed by atoms with Crippen LogP contribution in [0.4, 0.5) is 8.78 Å². The van der Waals surface area contributed by atoms with Gasteiger partial charge in [-0.25, -0.2) is 8.78 Å². The molecule has 21 heavy (non-hydrogen) atoms. The molecular weight excluding hydrogens is 274 g/mol. The standard InChI is InChI=1S/C17H14F2O2/c1-10-8-13(15(19)9-14(10)18)17(20)12-6-7-21-16-5-3-2-4-11(12)16/h2-5,8-9,12H,6-7H2,1H3. The van der Waals surface area contributed by atoms with Gasteiger partial charge >= 0.3 is 0 Å². The lowest BCUT2D eigenvalue weighted by atomic mass is 9.86. The quantitative estimate of drug-likeness (QED) is 0.780. The molecule has 4 heteroatoms. The third-order valence-corrected chi connectivity index (χ3v) is 3.79. The molecule has 0 saturated heterocycles. The molecule has 0 saturated carbocycles. The molecule has 1 atom stereocenters. The molecule has 0 fully saturated rings. The maximum Gasteiger partial charge on any atom is 0.173 e. The molecule has 1 heterocycles. The van der Waals surface area contributed by atoms with Crippen LogP contribution in [-0.2, 0) is 0 Å². The van der Waals surface area contributed by atoms with Crippen LogP contribution in [0.15, 0.2) is 36.4 Å². The van der Waals surface area contributed by atoms with Gasteiger partial charge in [0.1, 0.15) is 17.4 Å². The Kier molecular flexibility index (Phi) is 3.45. The van der Waals surface area contributed by atoms with E-state index in [1.165, 1.54) is 13.0 Å². The van der Waals surface area contributed by atoms with Crippen LogP contribution in [0.3, 0.4) is 0 Å². The molecule has 1 unspecified atom stereocenters. The van der Waals surface area contributed by atoms with Crippen molar-refractivity contribution in [3.8, 4) is 5.75 Å². The van der Waals surface area contributed by atoms with Gasteiger partial charge in [0.15, 0.2) is 5.78 Å². The minimum absolute atomic E-state index is 0.0596. The number of Topliss-reactive ketones (excluding diaryl/α,β-unsaturated/α-hetero) is 1. The highest BCUT2D eigenvalue weighted by molar-refractivity contribution is 6.01. The number of hydrogen-bond donors (Lipinski definition) is 0. The number of fused-ring (bicyclic) bond motifs is 1. The molecule has 0 aliphatic carbocycles. The van der Waals surface area contributed by atoms with Crippen molar-refractivity contribution in [3.63, 3.8) is 0 Å². The van der Waals surface area contributed by atoms with E-state index < -0.39 is 17.6 Å². The van der Waals surface area contributed by atoms with Crippen LogP contribution in [0, 0.1) is 18.6 Å². The first-order valence-corrected chi connectivity index (χ1v) is 6.79. The zero-order valence-electron chi connectivity index (χ0n) is 11.5. The first kappa shape index (κ1) is 13.7. The summed E-state index contributed by atoms with van der Waals surface area (Å²) in [7, 11) is 0. The number of benzene rings is 2. The van der Waals surface area contributed by atoms with Crippen molar-refractivity contribution >= 4 is 5.78 Å². The first-order valence-electron chi connectivity index (χ1n) is 6.79. The summed E-state index contributed by atoms with van der Waals surface area (Å²) in [6.07, 6.45) is 0.492. The van der Waals surface area contributed by atoms with E-state index >= 15 is 0 Å². The smallest absolute Gasteiger partial charge is 0.173 e. The van der Waals surface area contributed by atoms with E-state index in [0.717, 1.165) is 11.6 Å². The van der Waals surface area contributed by atoms with Crippen LogP contribution in [0.5, 0.6) is 5.75 Å². The Morgan fingerprint density at radius 1 is 1.19 bits per heavy atom. The predicted octanol–water partition coefficient (Wildman–Crippen LogP) is 4.02. The molecule has 2 aromatic rings. The molecule has 2 nitrogen and oxygen atoms in total. The molecule has 1 aliphatic rings. The molecule has 1 aliphatic heterocycles. The highest BCUT2D eigenvalue weighted by Gasteiger charge is 2.30. The number of ketones is 1. The van der Waals surface area contributed by atoms with Crippen LogP contribution in [0.2, 0.25) is 0 Å². The molecule has 108 valence electrons. The van der Waals surface area contributed by atoms with Gasteiger partial charge in [-0.2, -0.15) is 0 Å². The monoisotopic (exact) mass is 288 g/mol. The largest absolute Gasteiger partial charge is 0.493 e. The number of hydrogen-bond acceptors (Lipinski definition) is 2. The second-order valence-electron chi connectivity index (χ2n) is 5.17. The fourth-order valence-electron chi connectivity index (χ4n) is 2.65. The second kappa shape index (κ2) is 5.28. The summed E-state index contributed by atoms with van der Waals surface area (Å²) < 4.78 is 32.8. The summed E-state index contributed by atoms with van der Waals surface area (Å²) in [6, 6.07) is 9.31. The van der Waals surface area contributed by atoms with Gasteiger partial charge in [0.05, 0.1) is 18.1 Å². The van der Waals surface area contributed by atoms with Crippen LogP contribution in [0.1, 0.15) is 33.8 Å². The van der Waals surface area contributed by atoms with E-state index in [1.54, 1.807) is 6.07 Å². The minimum Gasteiger partial charge on any atom is -0.493 e. The van der Waals surface area contributed by atoms with E-state index in [4.69, 9.17) is 4.74 Å². The van der Waals surface area contributed by atoms with Gasteiger partial charge in [0.25, 0.3) is 0 Å². The lowest BCUT2D eigenvalue weighted by Crippen LogP contribution is -2.22. The molecule has 0 amide bonds. The Bertz CT molecular complexity index is 710. The van der Waals surface area contributed by atoms with Crippen molar-refractivity contribution in [3.05, 3.63) is 64.7 Å². The van der Waals surface area contributed by atoms with Gasteiger partial charge in [-0.1, -0.05) is 18.2 Å². The molecule has 2 aromatic carbocycles. The maximum atomic E-state index is 13.9. The van der Waals surface area contributed by atoms with Gasteiger partial charge in [0, 0.05) is 11.6 Å². The van der Waals surface area contributed by atoms with Crippen molar-refractivity contribution in [1.82, 2.24) is 0 Å². The molecular formula is C17H14F2O2. The van der Waals surface area contributed by atoms with Crippen molar-refractivity contribution < 1.29 is 18.3 Å². The topological polar surface area (TPSA) is 26.3 Å².